The Bertz CT molecular complexity index is 555. The summed E-state index contributed by atoms with van der Waals surface area (Å²) in [4.78, 5) is 2.31. The number of nitrogens with one attached hydrogen (secondary N) is 1. The number of para-hydroxylation sites is 1. The number of nitrogens with zero attached hydrogens (tertiary/aromatic N) is 2. The van der Waals surface area contributed by atoms with Crippen molar-refractivity contribution < 1.29 is 17.0 Å². The fraction of sp³-hybridized carbons (Fsp3) is 0.312. The number of hydrogen-bond acceptors (Lipinski definition) is 2. The number of aryl methyl sites for hydroxylation is 1. The van der Waals surface area contributed by atoms with Gasteiger partial charge in [0.25, 0.3) is 5.82 Å². The lowest BCUT2D eigenvalue weighted by Crippen LogP contribution is -3.00. The average Bonchev–Trinajstić information content (AvgIpc) is 2.44. The van der Waals surface area contributed by atoms with Crippen LogP contribution >= 0.6 is 0 Å². The highest BCUT2D eigenvalue weighted by atomic mass is 35.5. The summed E-state index contributed by atoms with van der Waals surface area (Å²) >= 11 is 0. The number of halogens is 1. The lowest BCUT2D eigenvalue weighted by molar-refractivity contribution is -0.663. The lowest BCUT2D eigenvalue weighted by Gasteiger charge is -2.24. The smallest absolute Gasteiger partial charge is 0.276 e. The summed E-state index contributed by atoms with van der Waals surface area (Å²) < 4.78 is 2.16. The molecule has 1 N–H and O–H groups in total. The molecule has 0 aliphatic rings. The standard InChI is InChI=1S/C16H21N3.ClH/c1-5-19(14-9-7-6-8-10-14)15-11-13(2)18(4)16(12-15)17-3;/h6-12H,5H2,1-4H3;1H. The molecule has 0 unspecified atom stereocenters. The molecule has 108 valence electrons. The molecule has 0 atom stereocenters. The molecule has 0 aliphatic carbocycles. The molecule has 0 saturated carbocycles. The molecule has 4 heteroatoms. The second-order valence-corrected chi connectivity index (χ2v) is 4.63. The molecule has 0 saturated heterocycles. The molecule has 0 amide bonds. The van der Waals surface area contributed by atoms with Crippen LogP contribution in [0.15, 0.2) is 42.5 Å². The highest BCUT2D eigenvalue weighted by Gasteiger charge is 2.13. The van der Waals surface area contributed by atoms with Gasteiger partial charge in [-0.3, -0.25) is 5.32 Å². The van der Waals surface area contributed by atoms with Crippen molar-refractivity contribution in [3.63, 3.8) is 0 Å². The molecule has 1 heterocycles. The van der Waals surface area contributed by atoms with Crippen LogP contribution in [0.3, 0.4) is 0 Å². The van der Waals surface area contributed by atoms with E-state index in [1.165, 1.54) is 17.1 Å². The normalized spacial score (nSPS) is 9.80. The molecule has 0 aliphatic heterocycles. The van der Waals surface area contributed by atoms with Crippen molar-refractivity contribution >= 4 is 17.2 Å². The third-order valence-electron chi connectivity index (χ3n) is 3.48. The first kappa shape index (κ1) is 16.3. The van der Waals surface area contributed by atoms with Crippen molar-refractivity contribution in [3.05, 3.63) is 48.2 Å². The Kier molecular flexibility index (Phi) is 5.83. The Morgan fingerprint density at radius 1 is 1.10 bits per heavy atom. The fourth-order valence-electron chi connectivity index (χ4n) is 2.30. The maximum Gasteiger partial charge on any atom is 0.276 e. The van der Waals surface area contributed by atoms with E-state index in [9.17, 15) is 0 Å². The van der Waals surface area contributed by atoms with Gasteiger partial charge in [0.1, 0.15) is 5.69 Å². The molecule has 1 aromatic carbocycles. The minimum absolute atomic E-state index is 0. The van der Waals surface area contributed by atoms with E-state index < -0.39 is 0 Å². The minimum atomic E-state index is 0. The van der Waals surface area contributed by atoms with Gasteiger partial charge in [-0.25, -0.2) is 4.57 Å². The van der Waals surface area contributed by atoms with E-state index in [0.29, 0.717) is 0 Å². The highest BCUT2D eigenvalue weighted by molar-refractivity contribution is 5.65. The first-order valence-corrected chi connectivity index (χ1v) is 6.68. The second kappa shape index (κ2) is 7.15. The minimum Gasteiger partial charge on any atom is -1.00 e. The van der Waals surface area contributed by atoms with Crippen LogP contribution in [-0.4, -0.2) is 13.6 Å². The predicted molar refractivity (Wildman–Crippen MR) is 81.0 cm³/mol. The Morgan fingerprint density at radius 2 is 1.75 bits per heavy atom. The van der Waals surface area contributed by atoms with Crippen LogP contribution in [0, 0.1) is 6.92 Å². The van der Waals surface area contributed by atoms with E-state index >= 15 is 0 Å². The summed E-state index contributed by atoms with van der Waals surface area (Å²) in [6, 6.07) is 14.9. The monoisotopic (exact) mass is 291 g/mol. The number of rotatable bonds is 4. The molecule has 0 bridgehead atoms. The molecule has 3 nitrogen and oxygen atoms in total. The van der Waals surface area contributed by atoms with Crippen LogP contribution in [0.2, 0.25) is 0 Å². The zero-order valence-electron chi connectivity index (χ0n) is 12.5. The van der Waals surface area contributed by atoms with Crippen LogP contribution in [0.1, 0.15) is 12.6 Å². The summed E-state index contributed by atoms with van der Waals surface area (Å²) in [7, 11) is 4.03. The van der Waals surface area contributed by atoms with Gasteiger partial charge in [0, 0.05) is 18.3 Å². The van der Waals surface area contributed by atoms with Gasteiger partial charge >= 0.3 is 0 Å². The van der Waals surface area contributed by atoms with Gasteiger partial charge in [0.15, 0.2) is 0 Å². The van der Waals surface area contributed by atoms with Gasteiger partial charge in [-0.05, 0) is 26.0 Å². The van der Waals surface area contributed by atoms with Crippen LogP contribution in [0.4, 0.5) is 17.2 Å². The zero-order chi connectivity index (χ0) is 13.8. The zero-order valence-corrected chi connectivity index (χ0v) is 13.3. The Morgan fingerprint density at radius 3 is 2.30 bits per heavy atom. The third kappa shape index (κ3) is 3.23. The maximum atomic E-state index is 3.24. The average molecular weight is 292 g/mol. The van der Waals surface area contributed by atoms with E-state index in [-0.39, 0.29) is 12.4 Å². The van der Waals surface area contributed by atoms with E-state index in [0.717, 1.165) is 12.4 Å². The molecule has 20 heavy (non-hydrogen) atoms. The van der Waals surface area contributed by atoms with E-state index in [1.54, 1.807) is 0 Å². The van der Waals surface area contributed by atoms with Crippen LogP contribution < -0.4 is 27.2 Å². The molecule has 2 aromatic rings. The van der Waals surface area contributed by atoms with E-state index in [1.807, 2.05) is 13.1 Å². The highest BCUT2D eigenvalue weighted by Crippen LogP contribution is 2.26. The van der Waals surface area contributed by atoms with Gasteiger partial charge in [-0.1, -0.05) is 18.2 Å². The topological polar surface area (TPSA) is 19.1 Å². The van der Waals surface area contributed by atoms with Gasteiger partial charge < -0.3 is 17.3 Å². The second-order valence-electron chi connectivity index (χ2n) is 4.63. The van der Waals surface area contributed by atoms with E-state index in [4.69, 9.17) is 0 Å². The first-order chi connectivity index (χ1) is 9.17. The molecule has 0 radical (unpaired) electrons. The molecular weight excluding hydrogens is 270 g/mol. The summed E-state index contributed by atoms with van der Waals surface area (Å²) in [5.41, 5.74) is 3.67. The Balaban J connectivity index is 0.00000200. The summed E-state index contributed by atoms with van der Waals surface area (Å²) in [5.74, 6) is 1.12. The largest absolute Gasteiger partial charge is 1.00 e. The van der Waals surface area contributed by atoms with Gasteiger partial charge in [0.05, 0.1) is 25.8 Å². The lowest BCUT2D eigenvalue weighted by atomic mass is 10.2. The molecule has 0 spiro atoms. The van der Waals surface area contributed by atoms with Crippen LogP contribution in [0.25, 0.3) is 0 Å². The molecule has 1 aromatic heterocycles. The number of hydrogen-bond donors (Lipinski definition) is 1. The quantitative estimate of drug-likeness (QED) is 0.801. The Labute approximate surface area is 127 Å². The molecule has 0 fully saturated rings. The van der Waals surface area contributed by atoms with Crippen molar-refractivity contribution in [1.29, 1.82) is 0 Å². The number of pyridine rings is 1. The molecule has 2 rings (SSSR count). The summed E-state index contributed by atoms with van der Waals surface area (Å²) in [5, 5.41) is 3.24. The van der Waals surface area contributed by atoms with Crippen molar-refractivity contribution in [1.82, 2.24) is 0 Å². The first-order valence-electron chi connectivity index (χ1n) is 6.68. The summed E-state index contributed by atoms with van der Waals surface area (Å²) in [6.07, 6.45) is 0. The number of benzene rings is 1. The molecular formula is C16H22ClN3. The number of anilines is 3. The number of aromatic nitrogens is 1. The Hall–Kier alpha value is -1.74. The van der Waals surface area contributed by atoms with Crippen LogP contribution in [-0.2, 0) is 7.05 Å². The predicted octanol–water partition coefficient (Wildman–Crippen LogP) is 0.0232. The third-order valence-corrected chi connectivity index (χ3v) is 3.48. The SMILES string of the molecule is CCN(c1ccccc1)c1cc(C)[n+](C)c(NC)c1.[Cl-]. The van der Waals surface area contributed by atoms with Gasteiger partial charge in [-0.15, -0.1) is 0 Å². The van der Waals surface area contributed by atoms with Gasteiger partial charge in [0.2, 0.25) is 0 Å². The van der Waals surface area contributed by atoms with E-state index in [2.05, 4.69) is 72.1 Å². The maximum absolute atomic E-state index is 3.24. The fourth-order valence-corrected chi connectivity index (χ4v) is 2.30. The summed E-state index contributed by atoms with van der Waals surface area (Å²) in [6.45, 7) is 5.25. The van der Waals surface area contributed by atoms with Crippen molar-refractivity contribution in [2.45, 2.75) is 13.8 Å². The van der Waals surface area contributed by atoms with Gasteiger partial charge in [-0.2, -0.15) is 0 Å². The van der Waals surface area contributed by atoms with Crippen molar-refractivity contribution in [2.24, 2.45) is 7.05 Å². The van der Waals surface area contributed by atoms with Crippen molar-refractivity contribution in [3.8, 4) is 0 Å². The van der Waals surface area contributed by atoms with Crippen LogP contribution in [0.5, 0.6) is 0 Å². The van der Waals surface area contributed by atoms with Crippen molar-refractivity contribution in [2.75, 3.05) is 23.8 Å².